The van der Waals surface area contributed by atoms with Crippen molar-refractivity contribution in [2.24, 2.45) is 5.41 Å². The van der Waals surface area contributed by atoms with Gasteiger partial charge in [0.1, 0.15) is 11.6 Å². The Bertz CT molecular complexity index is 338. The van der Waals surface area contributed by atoms with E-state index in [0.717, 1.165) is 12.8 Å². The lowest BCUT2D eigenvalue weighted by Gasteiger charge is -2.22. The highest BCUT2D eigenvalue weighted by atomic mass is 16.1. The van der Waals surface area contributed by atoms with Crippen molar-refractivity contribution >= 4 is 11.6 Å². The van der Waals surface area contributed by atoms with Gasteiger partial charge in [-0.15, -0.1) is 0 Å². The summed E-state index contributed by atoms with van der Waals surface area (Å²) in [6.07, 6.45) is 3.44. The summed E-state index contributed by atoms with van der Waals surface area (Å²) >= 11 is 0. The molecule has 76 valence electrons. The van der Waals surface area contributed by atoms with Crippen LogP contribution in [-0.4, -0.2) is 11.6 Å². The van der Waals surface area contributed by atoms with Crippen molar-refractivity contribution in [3.63, 3.8) is 0 Å². The Kier molecular flexibility index (Phi) is 2.09. The minimum atomic E-state index is -0.433. The first kappa shape index (κ1) is 9.63. The molecule has 0 N–H and O–H groups in total. The fourth-order valence-electron chi connectivity index (χ4n) is 2.81. The van der Waals surface area contributed by atoms with Crippen LogP contribution in [0.3, 0.4) is 0 Å². The second kappa shape index (κ2) is 3.04. The zero-order valence-electron chi connectivity index (χ0n) is 8.85. The van der Waals surface area contributed by atoms with Crippen LogP contribution < -0.4 is 0 Å². The van der Waals surface area contributed by atoms with Crippen LogP contribution in [0.4, 0.5) is 0 Å². The van der Waals surface area contributed by atoms with Crippen LogP contribution in [0.25, 0.3) is 0 Å². The third-order valence-corrected chi connectivity index (χ3v) is 3.73. The molecule has 0 aromatic carbocycles. The van der Waals surface area contributed by atoms with Crippen LogP contribution in [0, 0.1) is 5.41 Å². The monoisotopic (exact) mass is 192 g/mol. The molecule has 1 fully saturated rings. The van der Waals surface area contributed by atoms with Crippen molar-refractivity contribution in [3.8, 4) is 0 Å². The van der Waals surface area contributed by atoms with Gasteiger partial charge in [-0.1, -0.05) is 11.1 Å². The quantitative estimate of drug-likeness (QED) is 0.552. The van der Waals surface area contributed by atoms with Gasteiger partial charge in [0.25, 0.3) is 0 Å². The number of hydrogen-bond donors (Lipinski definition) is 0. The normalized spacial score (nSPS) is 33.3. The van der Waals surface area contributed by atoms with Crippen molar-refractivity contribution in [2.75, 3.05) is 0 Å². The van der Waals surface area contributed by atoms with Crippen LogP contribution in [-0.2, 0) is 9.59 Å². The molecule has 0 aromatic heterocycles. The zero-order chi connectivity index (χ0) is 10.3. The molecule has 2 rings (SSSR count). The summed E-state index contributed by atoms with van der Waals surface area (Å²) in [5, 5.41) is 0. The van der Waals surface area contributed by atoms with Crippen LogP contribution >= 0.6 is 0 Å². The fourth-order valence-corrected chi connectivity index (χ4v) is 2.81. The van der Waals surface area contributed by atoms with E-state index in [4.69, 9.17) is 0 Å². The Labute approximate surface area is 84.4 Å². The standard InChI is InChI=1S/C12H16O2/c1-8-3-4-9(13)7-12(2)10(8)5-6-11(12)14/h3-7H2,1-2H3. The molecule has 0 aromatic rings. The van der Waals surface area contributed by atoms with Crippen molar-refractivity contribution in [1.29, 1.82) is 0 Å². The molecule has 2 heteroatoms. The van der Waals surface area contributed by atoms with Gasteiger partial charge in [0.15, 0.2) is 0 Å². The number of ketones is 2. The van der Waals surface area contributed by atoms with Gasteiger partial charge in [-0.25, -0.2) is 0 Å². The third-order valence-electron chi connectivity index (χ3n) is 3.73. The molecule has 0 amide bonds. The Morgan fingerprint density at radius 3 is 2.50 bits per heavy atom. The summed E-state index contributed by atoms with van der Waals surface area (Å²) in [5.41, 5.74) is 2.11. The Morgan fingerprint density at radius 1 is 1.07 bits per heavy atom. The summed E-state index contributed by atoms with van der Waals surface area (Å²) in [7, 11) is 0. The highest BCUT2D eigenvalue weighted by Crippen LogP contribution is 2.46. The number of carbonyl (C=O) groups is 2. The number of allylic oxidation sites excluding steroid dienone is 2. The molecule has 0 aliphatic heterocycles. The van der Waals surface area contributed by atoms with Gasteiger partial charge in [0.05, 0.1) is 5.41 Å². The van der Waals surface area contributed by atoms with Gasteiger partial charge in [0, 0.05) is 19.3 Å². The van der Waals surface area contributed by atoms with Gasteiger partial charge in [-0.05, 0) is 26.7 Å². The Morgan fingerprint density at radius 2 is 1.79 bits per heavy atom. The first-order chi connectivity index (χ1) is 6.54. The van der Waals surface area contributed by atoms with Crippen LogP contribution in [0.5, 0.6) is 0 Å². The largest absolute Gasteiger partial charge is 0.300 e. The van der Waals surface area contributed by atoms with E-state index in [1.807, 2.05) is 6.92 Å². The molecule has 2 aliphatic rings. The van der Waals surface area contributed by atoms with Gasteiger partial charge < -0.3 is 0 Å². The SMILES string of the molecule is CC1=C2CCC(=O)C2(C)CC(=O)CC1. The van der Waals surface area contributed by atoms with Crippen LogP contribution in [0.2, 0.25) is 0 Å². The van der Waals surface area contributed by atoms with Gasteiger partial charge >= 0.3 is 0 Å². The van der Waals surface area contributed by atoms with Gasteiger partial charge in [-0.3, -0.25) is 9.59 Å². The number of hydrogen-bond acceptors (Lipinski definition) is 2. The minimum absolute atomic E-state index is 0.247. The predicted octanol–water partition coefficient (Wildman–Crippen LogP) is 2.43. The molecular weight excluding hydrogens is 176 g/mol. The number of rotatable bonds is 0. The molecule has 2 aliphatic carbocycles. The van der Waals surface area contributed by atoms with Crippen molar-refractivity contribution in [3.05, 3.63) is 11.1 Å². The Balaban J connectivity index is 2.47. The first-order valence-electron chi connectivity index (χ1n) is 5.28. The first-order valence-corrected chi connectivity index (χ1v) is 5.28. The molecule has 0 heterocycles. The van der Waals surface area contributed by atoms with Gasteiger partial charge in [0.2, 0.25) is 0 Å². The molecule has 1 unspecified atom stereocenters. The van der Waals surface area contributed by atoms with E-state index in [1.165, 1.54) is 11.1 Å². The second-order valence-electron chi connectivity index (χ2n) is 4.73. The lowest BCUT2D eigenvalue weighted by molar-refractivity contribution is -0.129. The minimum Gasteiger partial charge on any atom is -0.300 e. The predicted molar refractivity (Wildman–Crippen MR) is 53.9 cm³/mol. The van der Waals surface area contributed by atoms with Crippen molar-refractivity contribution in [1.82, 2.24) is 0 Å². The van der Waals surface area contributed by atoms with E-state index in [1.54, 1.807) is 0 Å². The van der Waals surface area contributed by atoms with Crippen LogP contribution in [0.15, 0.2) is 11.1 Å². The second-order valence-corrected chi connectivity index (χ2v) is 4.73. The summed E-state index contributed by atoms with van der Waals surface area (Å²) in [6.45, 7) is 4.02. The highest BCUT2D eigenvalue weighted by Gasteiger charge is 2.44. The maximum Gasteiger partial charge on any atom is 0.143 e. The van der Waals surface area contributed by atoms with E-state index >= 15 is 0 Å². The van der Waals surface area contributed by atoms with Crippen molar-refractivity contribution < 1.29 is 9.59 Å². The van der Waals surface area contributed by atoms with E-state index in [0.29, 0.717) is 19.3 Å². The van der Waals surface area contributed by atoms with Gasteiger partial charge in [-0.2, -0.15) is 0 Å². The average molecular weight is 192 g/mol. The summed E-state index contributed by atoms with van der Waals surface area (Å²) < 4.78 is 0. The average Bonchev–Trinajstić information content (AvgIpc) is 2.33. The maximum absolute atomic E-state index is 11.8. The lowest BCUT2D eigenvalue weighted by Crippen LogP contribution is -2.26. The third kappa shape index (κ3) is 1.24. The molecule has 1 atom stereocenters. The molecule has 14 heavy (non-hydrogen) atoms. The summed E-state index contributed by atoms with van der Waals surface area (Å²) in [6, 6.07) is 0. The van der Waals surface area contributed by atoms with E-state index < -0.39 is 5.41 Å². The molecule has 0 saturated heterocycles. The lowest BCUT2D eigenvalue weighted by atomic mass is 9.79. The molecule has 1 saturated carbocycles. The van der Waals surface area contributed by atoms with Crippen LogP contribution in [0.1, 0.15) is 46.0 Å². The zero-order valence-corrected chi connectivity index (χ0v) is 8.85. The smallest absolute Gasteiger partial charge is 0.143 e. The molecule has 2 nitrogen and oxygen atoms in total. The molecule has 0 spiro atoms. The number of fused-ring (bicyclic) bond motifs is 1. The Hall–Kier alpha value is -0.920. The van der Waals surface area contributed by atoms with E-state index in [-0.39, 0.29) is 11.6 Å². The molecule has 0 radical (unpaired) electrons. The van der Waals surface area contributed by atoms with Crippen molar-refractivity contribution in [2.45, 2.75) is 46.0 Å². The summed E-state index contributed by atoms with van der Waals surface area (Å²) in [5.74, 6) is 0.513. The van der Waals surface area contributed by atoms with E-state index in [2.05, 4.69) is 6.92 Å². The highest BCUT2D eigenvalue weighted by molar-refractivity contribution is 5.96. The number of carbonyl (C=O) groups excluding carboxylic acids is 2. The topological polar surface area (TPSA) is 34.1 Å². The maximum atomic E-state index is 11.8. The fraction of sp³-hybridized carbons (Fsp3) is 0.667. The summed E-state index contributed by atoms with van der Waals surface area (Å²) in [4.78, 5) is 23.3. The van der Waals surface area contributed by atoms with E-state index in [9.17, 15) is 9.59 Å². The molecule has 0 bridgehead atoms. The molecular formula is C12H16O2. The number of Topliss-reactive ketones (excluding diaryl/α,β-unsaturated/α-hetero) is 2.